The maximum atomic E-state index is 5.49. The fourth-order valence-corrected chi connectivity index (χ4v) is 1.14. The molecule has 0 saturated carbocycles. The molecule has 0 bridgehead atoms. The van der Waals surface area contributed by atoms with Crippen molar-refractivity contribution in [2.24, 2.45) is 5.73 Å². The van der Waals surface area contributed by atoms with E-state index in [-0.39, 0.29) is 0 Å². The van der Waals surface area contributed by atoms with Crippen LogP contribution < -0.4 is 5.73 Å². The summed E-state index contributed by atoms with van der Waals surface area (Å²) >= 11 is 0. The lowest BCUT2D eigenvalue weighted by atomic mass is 10.0. The molecule has 2 N–H and O–H groups in total. The summed E-state index contributed by atoms with van der Waals surface area (Å²) in [6.07, 6.45) is 2.34. The van der Waals surface area contributed by atoms with Gasteiger partial charge in [0.15, 0.2) is 0 Å². The molecule has 1 aliphatic rings. The minimum atomic E-state index is 0.679. The van der Waals surface area contributed by atoms with Gasteiger partial charge in [-0.25, -0.2) is 0 Å². The third-order valence-corrected chi connectivity index (χ3v) is 1.95. The van der Waals surface area contributed by atoms with E-state index >= 15 is 0 Å². The molecule has 1 heterocycles. The summed E-state index contributed by atoms with van der Waals surface area (Å²) in [5.74, 6) is 0. The molecule has 0 atom stereocenters. The minimum absolute atomic E-state index is 0.679. The molecule has 1 rings (SSSR count). The predicted octanol–water partition coefficient (Wildman–Crippen LogP) is 1.07. The molecule has 0 spiro atoms. The van der Waals surface area contributed by atoms with Crippen molar-refractivity contribution in [2.75, 3.05) is 19.8 Å². The second-order valence-corrected chi connectivity index (χ2v) is 2.74. The Bertz CT molecular complexity index is 132. The molecule has 0 aromatic rings. The third-order valence-electron chi connectivity index (χ3n) is 1.95. The van der Waals surface area contributed by atoms with Crippen molar-refractivity contribution < 1.29 is 4.74 Å². The Morgan fingerprint density at radius 1 is 1.70 bits per heavy atom. The molecule has 58 valence electrons. The van der Waals surface area contributed by atoms with Gasteiger partial charge in [-0.05, 0) is 25.3 Å². The fourth-order valence-electron chi connectivity index (χ4n) is 1.14. The molecule has 0 amide bonds. The first-order valence-corrected chi connectivity index (χ1v) is 3.80. The summed E-state index contributed by atoms with van der Waals surface area (Å²) in [6.45, 7) is 4.49. The van der Waals surface area contributed by atoms with E-state index in [4.69, 9.17) is 10.5 Å². The Kier molecular flexibility index (Phi) is 2.90. The molecule has 1 saturated heterocycles. The van der Waals surface area contributed by atoms with Crippen LogP contribution in [0, 0.1) is 0 Å². The first kappa shape index (κ1) is 7.76. The SMILES string of the molecule is C/C(CN)=C1/CCCOC1. The highest BCUT2D eigenvalue weighted by Crippen LogP contribution is 2.15. The average Bonchev–Trinajstić information content (AvgIpc) is 2.05. The Balaban J connectivity index is 2.51. The number of hydrogen-bond donors (Lipinski definition) is 1. The van der Waals surface area contributed by atoms with Gasteiger partial charge in [0, 0.05) is 13.2 Å². The predicted molar refractivity (Wildman–Crippen MR) is 41.8 cm³/mol. The molecule has 0 radical (unpaired) electrons. The molecule has 0 aromatic heterocycles. The summed E-state index contributed by atoms with van der Waals surface area (Å²) in [5, 5.41) is 0. The maximum Gasteiger partial charge on any atom is 0.0679 e. The number of rotatable bonds is 1. The topological polar surface area (TPSA) is 35.2 Å². The Morgan fingerprint density at radius 3 is 3.00 bits per heavy atom. The Hall–Kier alpha value is -0.340. The second kappa shape index (κ2) is 3.74. The summed E-state index contributed by atoms with van der Waals surface area (Å²) in [5.41, 5.74) is 8.21. The van der Waals surface area contributed by atoms with Crippen LogP contribution >= 0.6 is 0 Å². The fraction of sp³-hybridized carbons (Fsp3) is 0.750. The highest BCUT2D eigenvalue weighted by Gasteiger charge is 2.06. The highest BCUT2D eigenvalue weighted by molar-refractivity contribution is 5.14. The third kappa shape index (κ3) is 1.82. The molecule has 0 aliphatic carbocycles. The van der Waals surface area contributed by atoms with E-state index in [2.05, 4.69) is 6.92 Å². The molecular formula is C8H15NO. The van der Waals surface area contributed by atoms with E-state index in [0.717, 1.165) is 19.6 Å². The van der Waals surface area contributed by atoms with Gasteiger partial charge in [-0.3, -0.25) is 0 Å². The van der Waals surface area contributed by atoms with Crippen LogP contribution in [0.3, 0.4) is 0 Å². The van der Waals surface area contributed by atoms with E-state index < -0.39 is 0 Å². The maximum absolute atomic E-state index is 5.49. The van der Waals surface area contributed by atoms with E-state index in [1.807, 2.05) is 0 Å². The van der Waals surface area contributed by atoms with Crippen LogP contribution in [0.1, 0.15) is 19.8 Å². The first-order valence-electron chi connectivity index (χ1n) is 3.80. The molecule has 10 heavy (non-hydrogen) atoms. The molecular weight excluding hydrogens is 126 g/mol. The molecule has 0 unspecified atom stereocenters. The van der Waals surface area contributed by atoms with Crippen molar-refractivity contribution >= 4 is 0 Å². The zero-order valence-electron chi connectivity index (χ0n) is 6.52. The van der Waals surface area contributed by atoms with Crippen LogP contribution in [0.25, 0.3) is 0 Å². The van der Waals surface area contributed by atoms with Crippen LogP contribution in [-0.4, -0.2) is 19.8 Å². The monoisotopic (exact) mass is 141 g/mol. The Morgan fingerprint density at radius 2 is 2.50 bits per heavy atom. The summed E-state index contributed by atoms with van der Waals surface area (Å²) in [4.78, 5) is 0. The quantitative estimate of drug-likeness (QED) is 0.554. The standard InChI is InChI=1S/C8H15NO/c1-7(5-9)8-3-2-4-10-6-8/h2-6,9H2,1H3/b8-7+. The highest BCUT2D eigenvalue weighted by atomic mass is 16.5. The van der Waals surface area contributed by atoms with E-state index in [1.165, 1.54) is 17.6 Å². The van der Waals surface area contributed by atoms with Crippen molar-refractivity contribution in [3.05, 3.63) is 11.1 Å². The number of ether oxygens (including phenoxy) is 1. The van der Waals surface area contributed by atoms with Gasteiger partial charge in [-0.2, -0.15) is 0 Å². The summed E-state index contributed by atoms with van der Waals surface area (Å²) in [7, 11) is 0. The summed E-state index contributed by atoms with van der Waals surface area (Å²) < 4.78 is 5.29. The van der Waals surface area contributed by atoms with Gasteiger partial charge in [0.05, 0.1) is 6.61 Å². The number of nitrogens with two attached hydrogens (primary N) is 1. The van der Waals surface area contributed by atoms with Crippen LogP contribution in [-0.2, 0) is 4.74 Å². The molecule has 2 nitrogen and oxygen atoms in total. The molecule has 0 aromatic carbocycles. The van der Waals surface area contributed by atoms with Crippen molar-refractivity contribution in [3.63, 3.8) is 0 Å². The second-order valence-electron chi connectivity index (χ2n) is 2.74. The van der Waals surface area contributed by atoms with E-state index in [0.29, 0.717) is 6.54 Å². The van der Waals surface area contributed by atoms with Crippen LogP contribution in [0.4, 0.5) is 0 Å². The Labute approximate surface area is 62.1 Å². The largest absolute Gasteiger partial charge is 0.377 e. The zero-order chi connectivity index (χ0) is 7.40. The number of hydrogen-bond acceptors (Lipinski definition) is 2. The van der Waals surface area contributed by atoms with Crippen molar-refractivity contribution in [1.82, 2.24) is 0 Å². The normalized spacial score (nSPS) is 24.6. The smallest absolute Gasteiger partial charge is 0.0679 e. The average molecular weight is 141 g/mol. The van der Waals surface area contributed by atoms with Crippen molar-refractivity contribution in [2.45, 2.75) is 19.8 Å². The lowest BCUT2D eigenvalue weighted by Crippen LogP contribution is -2.13. The lowest BCUT2D eigenvalue weighted by Gasteiger charge is -2.16. The van der Waals surface area contributed by atoms with Gasteiger partial charge >= 0.3 is 0 Å². The van der Waals surface area contributed by atoms with Crippen LogP contribution in [0.2, 0.25) is 0 Å². The lowest BCUT2D eigenvalue weighted by molar-refractivity contribution is 0.129. The van der Waals surface area contributed by atoms with Gasteiger partial charge in [0.2, 0.25) is 0 Å². The van der Waals surface area contributed by atoms with Gasteiger partial charge in [0.1, 0.15) is 0 Å². The van der Waals surface area contributed by atoms with Crippen LogP contribution in [0.15, 0.2) is 11.1 Å². The van der Waals surface area contributed by atoms with Gasteiger partial charge in [0.25, 0.3) is 0 Å². The minimum Gasteiger partial charge on any atom is -0.377 e. The zero-order valence-corrected chi connectivity index (χ0v) is 6.52. The van der Waals surface area contributed by atoms with E-state index in [1.54, 1.807) is 0 Å². The van der Waals surface area contributed by atoms with Gasteiger partial charge in [-0.15, -0.1) is 0 Å². The van der Waals surface area contributed by atoms with Gasteiger partial charge < -0.3 is 10.5 Å². The first-order chi connectivity index (χ1) is 4.84. The van der Waals surface area contributed by atoms with Crippen molar-refractivity contribution in [1.29, 1.82) is 0 Å². The van der Waals surface area contributed by atoms with Crippen LogP contribution in [0.5, 0.6) is 0 Å². The van der Waals surface area contributed by atoms with E-state index in [9.17, 15) is 0 Å². The van der Waals surface area contributed by atoms with Crippen molar-refractivity contribution in [3.8, 4) is 0 Å². The molecule has 1 aliphatic heterocycles. The summed E-state index contributed by atoms with van der Waals surface area (Å²) in [6, 6.07) is 0. The molecule has 2 heteroatoms. The van der Waals surface area contributed by atoms with Gasteiger partial charge in [-0.1, -0.05) is 5.57 Å². The molecule has 1 fully saturated rings.